The van der Waals surface area contributed by atoms with Crippen LogP contribution in [0.1, 0.15) is 79.6 Å². The molecular weight excluding hydrogens is 216 g/mol. The van der Waals surface area contributed by atoms with E-state index in [2.05, 4.69) is 40.7 Å². The smallest absolute Gasteiger partial charge is 0.0198 e. The first kappa shape index (κ1) is 15.8. The molecule has 1 aliphatic rings. The molecule has 0 fully saturated rings. The third-order valence-electron chi connectivity index (χ3n) is 5.12. The van der Waals surface area contributed by atoms with Gasteiger partial charge < -0.3 is 0 Å². The average molecular weight is 250 g/mol. The van der Waals surface area contributed by atoms with E-state index in [4.69, 9.17) is 0 Å². The quantitative estimate of drug-likeness (QED) is 0.470. The van der Waals surface area contributed by atoms with Crippen molar-refractivity contribution >= 4 is 0 Å². The number of rotatable bonds is 7. The summed E-state index contributed by atoms with van der Waals surface area (Å²) in [5.74, 6) is 3.53. The van der Waals surface area contributed by atoms with Crippen LogP contribution in [0.3, 0.4) is 0 Å². The van der Waals surface area contributed by atoms with Crippen LogP contribution in [0.2, 0.25) is 0 Å². The van der Waals surface area contributed by atoms with Gasteiger partial charge in [-0.2, -0.15) is 0 Å². The molecule has 0 aromatic heterocycles. The molecule has 0 bridgehead atoms. The van der Waals surface area contributed by atoms with E-state index >= 15 is 0 Å². The molecule has 106 valence electrons. The Labute approximate surface area is 115 Å². The van der Waals surface area contributed by atoms with Gasteiger partial charge in [-0.05, 0) is 49.4 Å². The van der Waals surface area contributed by atoms with Crippen LogP contribution in [0.25, 0.3) is 0 Å². The van der Waals surface area contributed by atoms with Crippen molar-refractivity contribution < 1.29 is 0 Å². The Bertz CT molecular complexity index is 251. The van der Waals surface area contributed by atoms with Gasteiger partial charge in [-0.3, -0.25) is 0 Å². The summed E-state index contributed by atoms with van der Waals surface area (Å²) >= 11 is 0. The van der Waals surface area contributed by atoms with E-state index in [-0.39, 0.29) is 0 Å². The Morgan fingerprint density at radius 1 is 1.17 bits per heavy atom. The van der Waals surface area contributed by atoms with E-state index < -0.39 is 0 Å². The highest BCUT2D eigenvalue weighted by atomic mass is 14.4. The van der Waals surface area contributed by atoms with E-state index in [1.807, 2.05) is 5.57 Å². The van der Waals surface area contributed by atoms with Gasteiger partial charge in [-0.25, -0.2) is 0 Å². The second kappa shape index (κ2) is 8.02. The van der Waals surface area contributed by atoms with Crippen LogP contribution in [0.4, 0.5) is 0 Å². The lowest BCUT2D eigenvalue weighted by Gasteiger charge is -2.38. The molecule has 0 spiro atoms. The third-order valence-corrected chi connectivity index (χ3v) is 5.12. The standard InChI is InChI=1S/C18H34/c1-6-9-11-16(8-3)18-13-12-14(4)17(10-7-2)15(18)5/h13-17H,6-12H2,1-5H3. The fraction of sp³-hybridized carbons (Fsp3) is 0.889. The van der Waals surface area contributed by atoms with Crippen LogP contribution in [0.5, 0.6) is 0 Å². The molecule has 0 aromatic carbocycles. The van der Waals surface area contributed by atoms with E-state index in [0.29, 0.717) is 0 Å². The zero-order valence-electron chi connectivity index (χ0n) is 13.3. The van der Waals surface area contributed by atoms with E-state index in [1.165, 1.54) is 44.9 Å². The second-order valence-electron chi connectivity index (χ2n) is 6.41. The first-order valence-corrected chi connectivity index (χ1v) is 8.35. The molecule has 18 heavy (non-hydrogen) atoms. The summed E-state index contributed by atoms with van der Waals surface area (Å²) in [6.07, 6.45) is 12.2. The maximum Gasteiger partial charge on any atom is -0.0198 e. The Kier molecular flexibility index (Phi) is 7.04. The average Bonchev–Trinajstić information content (AvgIpc) is 2.37. The summed E-state index contributed by atoms with van der Waals surface area (Å²) in [5.41, 5.74) is 1.81. The van der Waals surface area contributed by atoms with Gasteiger partial charge in [0.2, 0.25) is 0 Å². The van der Waals surface area contributed by atoms with Crippen molar-refractivity contribution in [2.24, 2.45) is 23.7 Å². The summed E-state index contributed by atoms with van der Waals surface area (Å²) in [4.78, 5) is 0. The van der Waals surface area contributed by atoms with Crippen molar-refractivity contribution in [2.45, 2.75) is 79.6 Å². The topological polar surface area (TPSA) is 0 Å². The van der Waals surface area contributed by atoms with Crippen molar-refractivity contribution in [1.82, 2.24) is 0 Å². The van der Waals surface area contributed by atoms with Crippen LogP contribution in [-0.4, -0.2) is 0 Å². The Morgan fingerprint density at radius 2 is 1.89 bits per heavy atom. The molecule has 1 aliphatic carbocycles. The minimum absolute atomic E-state index is 0.829. The number of allylic oxidation sites excluding steroid dienone is 2. The van der Waals surface area contributed by atoms with Gasteiger partial charge >= 0.3 is 0 Å². The minimum Gasteiger partial charge on any atom is -0.0845 e. The zero-order valence-corrected chi connectivity index (χ0v) is 13.3. The summed E-state index contributed by atoms with van der Waals surface area (Å²) in [6, 6.07) is 0. The van der Waals surface area contributed by atoms with Crippen LogP contribution in [0.15, 0.2) is 11.6 Å². The van der Waals surface area contributed by atoms with Gasteiger partial charge in [-0.1, -0.05) is 65.5 Å². The molecule has 0 N–H and O–H groups in total. The molecule has 4 atom stereocenters. The lowest BCUT2D eigenvalue weighted by molar-refractivity contribution is 0.229. The monoisotopic (exact) mass is 250 g/mol. The fourth-order valence-electron chi connectivity index (χ4n) is 3.89. The molecule has 0 saturated heterocycles. The molecule has 4 unspecified atom stereocenters. The van der Waals surface area contributed by atoms with Gasteiger partial charge in [0, 0.05) is 0 Å². The molecular formula is C18H34. The molecule has 0 heterocycles. The highest BCUT2D eigenvalue weighted by molar-refractivity contribution is 5.15. The Morgan fingerprint density at radius 3 is 2.44 bits per heavy atom. The maximum atomic E-state index is 2.60. The van der Waals surface area contributed by atoms with Crippen LogP contribution >= 0.6 is 0 Å². The molecule has 1 rings (SSSR count). The van der Waals surface area contributed by atoms with Gasteiger partial charge in [0.1, 0.15) is 0 Å². The summed E-state index contributed by atoms with van der Waals surface area (Å²) in [7, 11) is 0. The van der Waals surface area contributed by atoms with Gasteiger partial charge in [0.05, 0.1) is 0 Å². The van der Waals surface area contributed by atoms with Crippen molar-refractivity contribution in [1.29, 1.82) is 0 Å². The van der Waals surface area contributed by atoms with Crippen LogP contribution in [-0.2, 0) is 0 Å². The maximum absolute atomic E-state index is 2.60. The first-order chi connectivity index (χ1) is 8.65. The summed E-state index contributed by atoms with van der Waals surface area (Å²) in [6.45, 7) is 12.0. The highest BCUT2D eigenvalue weighted by Crippen LogP contribution is 2.42. The van der Waals surface area contributed by atoms with Crippen molar-refractivity contribution in [3.63, 3.8) is 0 Å². The number of unbranched alkanes of at least 4 members (excludes halogenated alkanes) is 1. The van der Waals surface area contributed by atoms with E-state index in [9.17, 15) is 0 Å². The summed E-state index contributed by atoms with van der Waals surface area (Å²) in [5, 5.41) is 0. The predicted molar refractivity (Wildman–Crippen MR) is 82.7 cm³/mol. The van der Waals surface area contributed by atoms with E-state index in [0.717, 1.165) is 23.7 Å². The van der Waals surface area contributed by atoms with E-state index in [1.54, 1.807) is 0 Å². The first-order valence-electron chi connectivity index (χ1n) is 8.35. The summed E-state index contributed by atoms with van der Waals surface area (Å²) < 4.78 is 0. The molecule has 0 aromatic rings. The van der Waals surface area contributed by atoms with Gasteiger partial charge in [0.25, 0.3) is 0 Å². The molecule has 0 nitrogen and oxygen atoms in total. The third kappa shape index (κ3) is 3.87. The Balaban J connectivity index is 2.74. The normalized spacial score (nSPS) is 30.1. The number of hydrogen-bond donors (Lipinski definition) is 0. The lowest BCUT2D eigenvalue weighted by atomic mass is 9.67. The highest BCUT2D eigenvalue weighted by Gasteiger charge is 2.31. The SMILES string of the molecule is CCCCC(CC)C1=CCC(C)C(CCC)C1C. The van der Waals surface area contributed by atoms with Gasteiger partial charge in [0.15, 0.2) is 0 Å². The predicted octanol–water partition coefficient (Wildman–Crippen LogP) is 6.22. The molecule has 0 aliphatic heterocycles. The van der Waals surface area contributed by atoms with Crippen LogP contribution < -0.4 is 0 Å². The van der Waals surface area contributed by atoms with Gasteiger partial charge in [-0.15, -0.1) is 0 Å². The molecule has 0 radical (unpaired) electrons. The molecule has 0 amide bonds. The Hall–Kier alpha value is -0.260. The largest absolute Gasteiger partial charge is 0.0845 e. The molecule has 0 heteroatoms. The lowest BCUT2D eigenvalue weighted by Crippen LogP contribution is -2.28. The van der Waals surface area contributed by atoms with Crippen molar-refractivity contribution in [3.05, 3.63) is 11.6 Å². The zero-order chi connectivity index (χ0) is 13.5. The fourth-order valence-corrected chi connectivity index (χ4v) is 3.89. The van der Waals surface area contributed by atoms with Crippen molar-refractivity contribution in [2.75, 3.05) is 0 Å². The minimum atomic E-state index is 0.829. The van der Waals surface area contributed by atoms with Crippen LogP contribution in [0, 0.1) is 23.7 Å². The molecule has 0 saturated carbocycles. The van der Waals surface area contributed by atoms with Crippen molar-refractivity contribution in [3.8, 4) is 0 Å². The second-order valence-corrected chi connectivity index (χ2v) is 6.41. The number of hydrogen-bond acceptors (Lipinski definition) is 0.